The highest BCUT2D eigenvalue weighted by atomic mass is 16.5. The van der Waals surface area contributed by atoms with Gasteiger partial charge in [-0.2, -0.15) is 0 Å². The normalized spacial score (nSPS) is 21.6. The molecule has 78 valence electrons. The molecule has 1 N–H and O–H groups in total. The first kappa shape index (κ1) is 9.61. The molecule has 1 fully saturated rings. The van der Waals surface area contributed by atoms with E-state index in [1.54, 1.807) is 0 Å². The van der Waals surface area contributed by atoms with Crippen molar-refractivity contribution in [1.29, 1.82) is 0 Å². The Morgan fingerprint density at radius 2 is 2.64 bits per heavy atom. The molecule has 0 aliphatic carbocycles. The Labute approximate surface area is 83.4 Å². The topological polar surface area (TPSA) is 52.0 Å². The van der Waals surface area contributed by atoms with Crippen LogP contribution < -0.4 is 5.32 Å². The summed E-state index contributed by atoms with van der Waals surface area (Å²) >= 11 is 0. The molecule has 0 radical (unpaired) electrons. The lowest BCUT2D eigenvalue weighted by molar-refractivity contribution is 0.184. The minimum atomic E-state index is 0.387. The highest BCUT2D eigenvalue weighted by Gasteiger charge is 2.18. The minimum absolute atomic E-state index is 0.387. The summed E-state index contributed by atoms with van der Waals surface area (Å²) < 4.78 is 7.21. The Bertz CT molecular complexity index is 280. The minimum Gasteiger partial charge on any atom is -0.379 e. The van der Waals surface area contributed by atoms with E-state index in [0.29, 0.717) is 6.04 Å². The Morgan fingerprint density at radius 1 is 1.71 bits per heavy atom. The number of ether oxygens (including phenoxy) is 1. The number of nitrogens with one attached hydrogen (secondary N) is 1. The van der Waals surface area contributed by atoms with Crippen molar-refractivity contribution in [2.75, 3.05) is 19.8 Å². The molecule has 0 spiro atoms. The maximum absolute atomic E-state index is 5.30. The van der Waals surface area contributed by atoms with E-state index in [9.17, 15) is 0 Å². The molecule has 14 heavy (non-hydrogen) atoms. The van der Waals surface area contributed by atoms with Crippen LogP contribution in [0.15, 0.2) is 6.20 Å². The van der Waals surface area contributed by atoms with Crippen LogP contribution in [0, 0.1) is 0 Å². The molecule has 0 bridgehead atoms. The van der Waals surface area contributed by atoms with Gasteiger partial charge in [0.25, 0.3) is 0 Å². The van der Waals surface area contributed by atoms with Crippen molar-refractivity contribution in [3.63, 3.8) is 0 Å². The van der Waals surface area contributed by atoms with Gasteiger partial charge in [0.2, 0.25) is 0 Å². The number of hydrogen-bond donors (Lipinski definition) is 1. The third-order valence-corrected chi connectivity index (χ3v) is 2.39. The second-order valence-electron chi connectivity index (χ2n) is 3.49. The summed E-state index contributed by atoms with van der Waals surface area (Å²) in [5, 5.41) is 11.4. The van der Waals surface area contributed by atoms with Gasteiger partial charge in [0, 0.05) is 13.2 Å². The molecule has 0 saturated carbocycles. The first-order chi connectivity index (χ1) is 6.90. The maximum Gasteiger partial charge on any atom is 0.0964 e. The molecule has 0 amide bonds. The van der Waals surface area contributed by atoms with E-state index in [2.05, 4.69) is 22.6 Å². The number of hydrogen-bond acceptors (Lipinski definition) is 4. The highest BCUT2D eigenvalue weighted by Crippen LogP contribution is 2.17. The average molecular weight is 196 g/mol. The second-order valence-corrected chi connectivity index (χ2v) is 3.49. The molecule has 1 saturated heterocycles. The van der Waals surface area contributed by atoms with Crippen molar-refractivity contribution in [2.45, 2.75) is 25.9 Å². The molecule has 1 aliphatic heterocycles. The molecule has 1 aromatic rings. The molecule has 2 rings (SSSR count). The van der Waals surface area contributed by atoms with Crippen molar-refractivity contribution in [2.24, 2.45) is 0 Å². The van der Waals surface area contributed by atoms with Gasteiger partial charge in [-0.3, -0.25) is 0 Å². The van der Waals surface area contributed by atoms with Crippen LogP contribution in [0.4, 0.5) is 0 Å². The van der Waals surface area contributed by atoms with Crippen molar-refractivity contribution >= 4 is 0 Å². The lowest BCUT2D eigenvalue weighted by Crippen LogP contribution is -2.12. The summed E-state index contributed by atoms with van der Waals surface area (Å²) in [6.45, 7) is 5.44. The van der Waals surface area contributed by atoms with E-state index >= 15 is 0 Å². The SMILES string of the molecule is CCNCc1cn(C2CCOC2)nn1. The van der Waals surface area contributed by atoms with Crippen LogP contribution in [-0.4, -0.2) is 34.8 Å². The maximum atomic E-state index is 5.30. The Kier molecular flexibility index (Phi) is 3.10. The van der Waals surface area contributed by atoms with Gasteiger partial charge >= 0.3 is 0 Å². The van der Waals surface area contributed by atoms with Crippen molar-refractivity contribution in [1.82, 2.24) is 20.3 Å². The first-order valence-electron chi connectivity index (χ1n) is 5.09. The number of nitrogens with zero attached hydrogens (tertiary/aromatic N) is 3. The van der Waals surface area contributed by atoms with Crippen molar-refractivity contribution < 1.29 is 4.74 Å². The summed E-state index contributed by atoms with van der Waals surface area (Å²) in [6.07, 6.45) is 3.05. The van der Waals surface area contributed by atoms with Crippen LogP contribution in [-0.2, 0) is 11.3 Å². The van der Waals surface area contributed by atoms with Crippen LogP contribution in [0.5, 0.6) is 0 Å². The van der Waals surface area contributed by atoms with Crippen LogP contribution in [0.1, 0.15) is 25.1 Å². The fraction of sp³-hybridized carbons (Fsp3) is 0.778. The molecular formula is C9H16N4O. The van der Waals surface area contributed by atoms with E-state index in [-0.39, 0.29) is 0 Å². The van der Waals surface area contributed by atoms with Gasteiger partial charge in [-0.05, 0) is 13.0 Å². The molecular weight excluding hydrogens is 180 g/mol. The van der Waals surface area contributed by atoms with Gasteiger partial charge in [-0.25, -0.2) is 4.68 Å². The van der Waals surface area contributed by atoms with Crippen molar-refractivity contribution in [3.05, 3.63) is 11.9 Å². The van der Waals surface area contributed by atoms with Crippen LogP contribution >= 0.6 is 0 Å². The van der Waals surface area contributed by atoms with Crippen molar-refractivity contribution in [3.8, 4) is 0 Å². The zero-order chi connectivity index (χ0) is 9.80. The predicted molar refractivity (Wildman–Crippen MR) is 51.9 cm³/mol. The summed E-state index contributed by atoms with van der Waals surface area (Å²) in [6, 6.07) is 0.387. The van der Waals surface area contributed by atoms with Gasteiger partial charge in [-0.1, -0.05) is 12.1 Å². The molecule has 5 nitrogen and oxygen atoms in total. The molecule has 5 heteroatoms. The first-order valence-corrected chi connectivity index (χ1v) is 5.09. The molecule has 2 heterocycles. The van der Waals surface area contributed by atoms with Gasteiger partial charge in [0.05, 0.1) is 24.5 Å². The Morgan fingerprint density at radius 3 is 3.36 bits per heavy atom. The fourth-order valence-corrected chi connectivity index (χ4v) is 1.56. The fourth-order valence-electron chi connectivity index (χ4n) is 1.56. The summed E-state index contributed by atoms with van der Waals surface area (Å²) in [5.74, 6) is 0. The Balaban J connectivity index is 1.94. The zero-order valence-electron chi connectivity index (χ0n) is 8.44. The highest BCUT2D eigenvalue weighted by molar-refractivity contribution is 4.93. The predicted octanol–water partition coefficient (Wildman–Crippen LogP) is 0.349. The van der Waals surface area contributed by atoms with E-state index in [4.69, 9.17) is 4.74 Å². The van der Waals surface area contributed by atoms with E-state index < -0.39 is 0 Å². The van der Waals surface area contributed by atoms with Gasteiger partial charge in [0.1, 0.15) is 0 Å². The standard InChI is InChI=1S/C9H16N4O/c1-2-10-5-8-6-13(12-11-8)9-3-4-14-7-9/h6,9-10H,2-5,7H2,1H3. The van der Waals surface area contributed by atoms with Crippen LogP contribution in [0.2, 0.25) is 0 Å². The summed E-state index contributed by atoms with van der Waals surface area (Å²) in [7, 11) is 0. The number of rotatable bonds is 4. The largest absolute Gasteiger partial charge is 0.379 e. The van der Waals surface area contributed by atoms with E-state index in [1.165, 1.54) is 0 Å². The van der Waals surface area contributed by atoms with Gasteiger partial charge < -0.3 is 10.1 Å². The second kappa shape index (κ2) is 4.52. The monoisotopic (exact) mass is 196 g/mol. The average Bonchev–Trinajstić information content (AvgIpc) is 2.85. The van der Waals surface area contributed by atoms with Gasteiger partial charge in [0.15, 0.2) is 0 Å². The molecule has 1 aromatic heterocycles. The molecule has 1 atom stereocenters. The summed E-state index contributed by atoms with van der Waals surface area (Å²) in [5.41, 5.74) is 0.999. The molecule has 0 aromatic carbocycles. The van der Waals surface area contributed by atoms with Gasteiger partial charge in [-0.15, -0.1) is 5.10 Å². The number of aromatic nitrogens is 3. The molecule has 1 unspecified atom stereocenters. The third kappa shape index (κ3) is 2.10. The molecule has 1 aliphatic rings. The van der Waals surface area contributed by atoms with E-state index in [0.717, 1.165) is 38.4 Å². The van der Waals surface area contributed by atoms with E-state index in [1.807, 2.05) is 10.9 Å². The smallest absolute Gasteiger partial charge is 0.0964 e. The Hall–Kier alpha value is -0.940. The zero-order valence-corrected chi connectivity index (χ0v) is 8.44. The summed E-state index contributed by atoms with van der Waals surface area (Å²) in [4.78, 5) is 0. The third-order valence-electron chi connectivity index (χ3n) is 2.39. The van der Waals surface area contributed by atoms with Crippen LogP contribution in [0.3, 0.4) is 0 Å². The lowest BCUT2D eigenvalue weighted by Gasteiger charge is -2.05. The van der Waals surface area contributed by atoms with Crippen LogP contribution in [0.25, 0.3) is 0 Å². The lowest BCUT2D eigenvalue weighted by atomic mass is 10.3. The quantitative estimate of drug-likeness (QED) is 0.755.